The number of hydrogen-bond acceptors (Lipinski definition) is 3. The average Bonchev–Trinajstić information content (AvgIpc) is 2.98. The van der Waals surface area contributed by atoms with E-state index in [0.29, 0.717) is 0 Å². The molecule has 1 atom stereocenters. The highest BCUT2D eigenvalue weighted by Gasteiger charge is 2.23. The first kappa shape index (κ1) is 16.0. The summed E-state index contributed by atoms with van der Waals surface area (Å²) in [6.45, 7) is 14.4. The zero-order valence-corrected chi connectivity index (χ0v) is 14.2. The van der Waals surface area contributed by atoms with Crippen molar-refractivity contribution in [3.05, 3.63) is 47.3 Å². The summed E-state index contributed by atoms with van der Waals surface area (Å²) >= 11 is 0. The van der Waals surface area contributed by atoms with E-state index in [1.54, 1.807) is 0 Å². The Labute approximate surface area is 137 Å². The highest BCUT2D eigenvalue weighted by Crippen LogP contribution is 2.29. The van der Waals surface area contributed by atoms with Crippen molar-refractivity contribution in [3.63, 3.8) is 0 Å². The maximum atomic E-state index is 11.5. The molecule has 0 saturated carbocycles. The molecule has 1 fully saturated rings. The highest BCUT2D eigenvalue weighted by atomic mass is 16.1. The number of hydrogen-bond donors (Lipinski definition) is 1. The normalized spacial score (nSPS) is 17.3. The number of aromatic nitrogens is 1. The SMILES string of the molecule is C=C(C)c1cc2cc(C=O)c(C)c(C(C)N3CCNCC3)n2c1. The lowest BCUT2D eigenvalue weighted by atomic mass is 10.0. The van der Waals surface area contributed by atoms with E-state index < -0.39 is 0 Å². The largest absolute Gasteiger partial charge is 0.318 e. The summed E-state index contributed by atoms with van der Waals surface area (Å²) in [7, 11) is 0. The number of aldehydes is 1. The van der Waals surface area contributed by atoms with Crippen molar-refractivity contribution in [1.82, 2.24) is 14.6 Å². The number of carbonyl (C=O) groups is 1. The van der Waals surface area contributed by atoms with Gasteiger partial charge in [0.15, 0.2) is 0 Å². The van der Waals surface area contributed by atoms with Crippen molar-refractivity contribution in [2.24, 2.45) is 0 Å². The molecule has 0 radical (unpaired) electrons. The molecular formula is C19H25N3O. The van der Waals surface area contributed by atoms with Gasteiger partial charge in [0.2, 0.25) is 0 Å². The Hall–Kier alpha value is -1.91. The van der Waals surface area contributed by atoms with Crippen LogP contribution in [0.2, 0.25) is 0 Å². The van der Waals surface area contributed by atoms with Crippen molar-refractivity contribution in [3.8, 4) is 0 Å². The molecule has 3 rings (SSSR count). The fourth-order valence-electron chi connectivity index (χ4n) is 3.51. The van der Waals surface area contributed by atoms with Crippen molar-refractivity contribution < 1.29 is 4.79 Å². The fraction of sp³-hybridized carbons (Fsp3) is 0.421. The zero-order chi connectivity index (χ0) is 16.6. The van der Waals surface area contributed by atoms with Gasteiger partial charge in [-0.25, -0.2) is 0 Å². The molecule has 1 N–H and O–H groups in total. The first-order chi connectivity index (χ1) is 11.0. The molecule has 4 heteroatoms. The standard InChI is InChI=1S/C19H25N3O/c1-13(2)16-9-18-10-17(12-23)14(3)19(22(18)11-16)15(4)21-7-5-20-6-8-21/h9-12,15,20H,1,5-8H2,2-4H3. The molecule has 0 aromatic carbocycles. The zero-order valence-electron chi connectivity index (χ0n) is 14.2. The van der Waals surface area contributed by atoms with Crippen LogP contribution >= 0.6 is 0 Å². The molecule has 1 unspecified atom stereocenters. The molecule has 2 aromatic rings. The van der Waals surface area contributed by atoms with Gasteiger partial charge in [0.05, 0.1) is 0 Å². The summed E-state index contributed by atoms with van der Waals surface area (Å²) in [5, 5.41) is 3.40. The van der Waals surface area contributed by atoms with Crippen LogP contribution < -0.4 is 5.32 Å². The summed E-state index contributed by atoms with van der Waals surface area (Å²) in [4.78, 5) is 14.0. The second-order valence-corrected chi connectivity index (χ2v) is 6.49. The van der Waals surface area contributed by atoms with Gasteiger partial charge in [-0.2, -0.15) is 0 Å². The van der Waals surface area contributed by atoms with Gasteiger partial charge < -0.3 is 9.72 Å². The van der Waals surface area contributed by atoms with Crippen molar-refractivity contribution in [1.29, 1.82) is 0 Å². The minimum atomic E-state index is 0.268. The van der Waals surface area contributed by atoms with Crippen LogP contribution in [0.3, 0.4) is 0 Å². The third kappa shape index (κ3) is 2.84. The molecule has 1 aliphatic heterocycles. The molecule has 4 nitrogen and oxygen atoms in total. The fourth-order valence-corrected chi connectivity index (χ4v) is 3.51. The van der Waals surface area contributed by atoms with E-state index in [1.807, 2.05) is 13.0 Å². The van der Waals surface area contributed by atoms with E-state index in [-0.39, 0.29) is 6.04 Å². The van der Waals surface area contributed by atoms with Crippen LogP contribution in [0.5, 0.6) is 0 Å². The lowest BCUT2D eigenvalue weighted by molar-refractivity contribution is 0.112. The molecular weight excluding hydrogens is 286 g/mol. The van der Waals surface area contributed by atoms with E-state index in [1.165, 1.54) is 5.69 Å². The van der Waals surface area contributed by atoms with Gasteiger partial charge in [0, 0.05) is 55.2 Å². The second kappa shape index (κ2) is 6.30. The predicted octanol–water partition coefficient (Wildman–Crippen LogP) is 3.06. The number of pyridine rings is 1. The van der Waals surface area contributed by atoms with Crippen molar-refractivity contribution in [2.45, 2.75) is 26.8 Å². The van der Waals surface area contributed by atoms with Crippen LogP contribution in [-0.4, -0.2) is 41.8 Å². The van der Waals surface area contributed by atoms with Crippen LogP contribution in [-0.2, 0) is 0 Å². The molecule has 2 aromatic heterocycles. The number of fused-ring (bicyclic) bond motifs is 1. The van der Waals surface area contributed by atoms with Crippen LogP contribution in [0.25, 0.3) is 11.1 Å². The number of piperazine rings is 1. The third-order valence-electron chi connectivity index (χ3n) is 4.94. The Morgan fingerprint density at radius 3 is 2.65 bits per heavy atom. The maximum Gasteiger partial charge on any atom is 0.150 e. The number of rotatable bonds is 4. The monoisotopic (exact) mass is 311 g/mol. The van der Waals surface area contributed by atoms with Gasteiger partial charge in [-0.05, 0) is 49.6 Å². The van der Waals surface area contributed by atoms with Gasteiger partial charge in [-0.15, -0.1) is 0 Å². The summed E-state index contributed by atoms with van der Waals surface area (Å²) in [5.41, 5.74) is 6.29. The second-order valence-electron chi connectivity index (χ2n) is 6.49. The van der Waals surface area contributed by atoms with E-state index in [2.05, 4.69) is 47.3 Å². The lowest BCUT2D eigenvalue weighted by Gasteiger charge is -2.34. The smallest absolute Gasteiger partial charge is 0.150 e. The third-order valence-corrected chi connectivity index (χ3v) is 4.94. The first-order valence-corrected chi connectivity index (χ1v) is 8.24. The van der Waals surface area contributed by atoms with Crippen molar-refractivity contribution >= 4 is 17.4 Å². The van der Waals surface area contributed by atoms with Gasteiger partial charge in [0.1, 0.15) is 6.29 Å². The number of nitrogens with one attached hydrogen (secondary N) is 1. The van der Waals surface area contributed by atoms with E-state index in [4.69, 9.17) is 0 Å². The molecule has 122 valence electrons. The summed E-state index contributed by atoms with van der Waals surface area (Å²) in [6.07, 6.45) is 3.12. The molecule has 3 heterocycles. The molecule has 23 heavy (non-hydrogen) atoms. The predicted molar refractivity (Wildman–Crippen MR) is 95.1 cm³/mol. The summed E-state index contributed by atoms with van der Waals surface area (Å²) in [6, 6.07) is 4.36. The lowest BCUT2D eigenvalue weighted by Crippen LogP contribution is -2.45. The minimum absolute atomic E-state index is 0.268. The molecule has 0 spiro atoms. The molecule has 1 saturated heterocycles. The topological polar surface area (TPSA) is 36.8 Å². The van der Waals surface area contributed by atoms with Gasteiger partial charge in [-0.3, -0.25) is 9.69 Å². The van der Waals surface area contributed by atoms with E-state index in [9.17, 15) is 4.79 Å². The van der Waals surface area contributed by atoms with Gasteiger partial charge in [0.25, 0.3) is 0 Å². The Morgan fingerprint density at radius 2 is 2.04 bits per heavy atom. The molecule has 0 amide bonds. The van der Waals surface area contributed by atoms with Gasteiger partial charge in [-0.1, -0.05) is 6.58 Å². The molecule has 1 aliphatic rings. The molecule has 0 aliphatic carbocycles. The Morgan fingerprint density at radius 1 is 1.35 bits per heavy atom. The van der Waals surface area contributed by atoms with Crippen LogP contribution in [0.15, 0.2) is 24.9 Å². The van der Waals surface area contributed by atoms with Crippen LogP contribution in [0.4, 0.5) is 0 Å². The minimum Gasteiger partial charge on any atom is -0.318 e. The first-order valence-electron chi connectivity index (χ1n) is 8.24. The van der Waals surface area contributed by atoms with Crippen LogP contribution in [0, 0.1) is 6.92 Å². The Bertz CT molecular complexity index is 754. The van der Waals surface area contributed by atoms with E-state index >= 15 is 0 Å². The highest BCUT2D eigenvalue weighted by molar-refractivity contribution is 5.81. The maximum absolute atomic E-state index is 11.5. The number of allylic oxidation sites excluding steroid dienone is 1. The Balaban J connectivity index is 2.17. The van der Waals surface area contributed by atoms with Crippen LogP contribution in [0.1, 0.15) is 47.1 Å². The van der Waals surface area contributed by atoms with Gasteiger partial charge >= 0.3 is 0 Å². The summed E-state index contributed by atoms with van der Waals surface area (Å²) < 4.78 is 2.24. The average molecular weight is 311 g/mol. The number of nitrogens with zero attached hydrogens (tertiary/aromatic N) is 2. The molecule has 0 bridgehead atoms. The Kier molecular flexibility index (Phi) is 4.37. The van der Waals surface area contributed by atoms with E-state index in [0.717, 1.165) is 60.2 Å². The summed E-state index contributed by atoms with van der Waals surface area (Å²) in [5.74, 6) is 0. The quantitative estimate of drug-likeness (QED) is 0.882. The van der Waals surface area contributed by atoms with Crippen molar-refractivity contribution in [2.75, 3.05) is 26.2 Å². The number of carbonyl (C=O) groups excluding carboxylic acids is 1.